The number of nitrogens with zero attached hydrogens (tertiary/aromatic N) is 3. The fourth-order valence-corrected chi connectivity index (χ4v) is 4.43. The standard InChI is InChI=1S/C23H22N4O3S/c1-13-6-4-5-7-16(13)26-18(28)11-31-22-20-19(24-12-25-22)15-8-14-10-29-23(2,3)9-17(14)27-21(15)30-20/h4-8,12H,9-11H2,1-3H3,(H,26,28). The number of aryl methyl sites for hydroxylation is 1. The number of para-hydroxylation sites is 1. The van der Waals surface area contributed by atoms with E-state index in [0.29, 0.717) is 28.4 Å². The molecule has 1 aliphatic rings. The lowest BCUT2D eigenvalue weighted by atomic mass is 9.95. The number of hydrogen-bond acceptors (Lipinski definition) is 7. The van der Waals surface area contributed by atoms with E-state index in [1.54, 1.807) is 0 Å². The van der Waals surface area contributed by atoms with Crippen LogP contribution in [0.1, 0.15) is 30.7 Å². The minimum Gasteiger partial charge on any atom is -0.433 e. The molecule has 0 fully saturated rings. The van der Waals surface area contributed by atoms with Crippen molar-refractivity contribution in [1.82, 2.24) is 15.0 Å². The molecule has 0 aliphatic carbocycles. The highest BCUT2D eigenvalue weighted by atomic mass is 32.2. The van der Waals surface area contributed by atoms with Gasteiger partial charge in [-0.1, -0.05) is 30.0 Å². The number of furan rings is 1. The highest BCUT2D eigenvalue weighted by Crippen LogP contribution is 2.35. The predicted octanol–water partition coefficient (Wildman–Crippen LogP) is 4.66. The van der Waals surface area contributed by atoms with Crippen LogP contribution in [0, 0.1) is 6.92 Å². The van der Waals surface area contributed by atoms with Crippen LogP contribution in [0.2, 0.25) is 0 Å². The molecule has 4 heterocycles. The van der Waals surface area contributed by atoms with Gasteiger partial charge in [0.05, 0.1) is 29.0 Å². The highest BCUT2D eigenvalue weighted by molar-refractivity contribution is 8.00. The molecule has 0 atom stereocenters. The van der Waals surface area contributed by atoms with Crippen LogP contribution in [0.5, 0.6) is 0 Å². The number of nitrogens with one attached hydrogen (secondary N) is 1. The SMILES string of the molecule is Cc1ccccc1NC(=O)CSc1ncnc2c1oc1nc3c(cc12)COC(C)(C)C3. The van der Waals surface area contributed by atoms with Gasteiger partial charge >= 0.3 is 0 Å². The average molecular weight is 435 g/mol. The number of hydrogen-bond donors (Lipinski definition) is 1. The molecule has 5 rings (SSSR count). The zero-order valence-electron chi connectivity index (χ0n) is 17.6. The van der Waals surface area contributed by atoms with E-state index in [-0.39, 0.29) is 17.3 Å². The number of anilines is 1. The van der Waals surface area contributed by atoms with Crippen LogP contribution in [0.25, 0.3) is 22.2 Å². The van der Waals surface area contributed by atoms with Gasteiger partial charge in [0.25, 0.3) is 0 Å². The van der Waals surface area contributed by atoms with Crippen molar-refractivity contribution in [3.05, 3.63) is 53.5 Å². The number of aromatic nitrogens is 3. The molecule has 0 saturated carbocycles. The number of rotatable bonds is 4. The lowest BCUT2D eigenvalue weighted by molar-refractivity contribution is -0.113. The molecule has 0 unspecified atom stereocenters. The molecule has 4 aromatic rings. The van der Waals surface area contributed by atoms with Crippen molar-refractivity contribution < 1.29 is 13.9 Å². The van der Waals surface area contributed by atoms with Gasteiger partial charge < -0.3 is 14.5 Å². The van der Waals surface area contributed by atoms with Crippen LogP contribution in [0.3, 0.4) is 0 Å². The summed E-state index contributed by atoms with van der Waals surface area (Å²) in [6.07, 6.45) is 2.22. The van der Waals surface area contributed by atoms with E-state index in [9.17, 15) is 4.79 Å². The van der Waals surface area contributed by atoms with E-state index in [2.05, 4.69) is 29.1 Å². The first-order chi connectivity index (χ1) is 14.9. The van der Waals surface area contributed by atoms with Crippen molar-refractivity contribution in [3.8, 4) is 0 Å². The van der Waals surface area contributed by atoms with Crippen LogP contribution in [0.15, 0.2) is 46.1 Å². The fraction of sp³-hybridized carbons (Fsp3) is 0.304. The van der Waals surface area contributed by atoms with E-state index >= 15 is 0 Å². The van der Waals surface area contributed by atoms with Crippen LogP contribution in [-0.2, 0) is 22.6 Å². The maximum absolute atomic E-state index is 12.4. The van der Waals surface area contributed by atoms with Gasteiger partial charge in [-0.2, -0.15) is 0 Å². The Balaban J connectivity index is 1.42. The van der Waals surface area contributed by atoms with Gasteiger partial charge in [0, 0.05) is 17.7 Å². The summed E-state index contributed by atoms with van der Waals surface area (Å²) in [5, 5.41) is 4.40. The maximum Gasteiger partial charge on any atom is 0.234 e. The lowest BCUT2D eigenvalue weighted by Crippen LogP contribution is -2.32. The Morgan fingerprint density at radius 1 is 1.26 bits per heavy atom. The Labute approximate surface area is 183 Å². The van der Waals surface area contributed by atoms with Gasteiger partial charge in [-0.25, -0.2) is 15.0 Å². The van der Waals surface area contributed by atoms with Crippen LogP contribution in [-0.4, -0.2) is 32.2 Å². The smallest absolute Gasteiger partial charge is 0.234 e. The Morgan fingerprint density at radius 3 is 2.94 bits per heavy atom. The Morgan fingerprint density at radius 2 is 2.10 bits per heavy atom. The van der Waals surface area contributed by atoms with Crippen LogP contribution < -0.4 is 5.32 Å². The predicted molar refractivity (Wildman–Crippen MR) is 120 cm³/mol. The molecule has 1 amide bonds. The summed E-state index contributed by atoms with van der Waals surface area (Å²) < 4.78 is 12.0. The first-order valence-electron chi connectivity index (χ1n) is 10.1. The number of fused-ring (bicyclic) bond motifs is 4. The van der Waals surface area contributed by atoms with Gasteiger partial charge in [0.2, 0.25) is 11.6 Å². The third kappa shape index (κ3) is 3.88. The molecule has 7 nitrogen and oxygen atoms in total. The topological polar surface area (TPSA) is 90.1 Å². The summed E-state index contributed by atoms with van der Waals surface area (Å²) in [5.74, 6) is 0.110. The Kier molecular flexibility index (Phi) is 4.91. The van der Waals surface area contributed by atoms with Gasteiger partial charge in [0.1, 0.15) is 16.9 Å². The second-order valence-electron chi connectivity index (χ2n) is 8.28. The molecular formula is C23H22N4O3S. The number of pyridine rings is 1. The number of benzene rings is 1. The molecular weight excluding hydrogens is 412 g/mol. The monoisotopic (exact) mass is 434 g/mol. The van der Waals surface area contributed by atoms with Crippen LogP contribution in [0.4, 0.5) is 5.69 Å². The van der Waals surface area contributed by atoms with Crippen molar-refractivity contribution in [3.63, 3.8) is 0 Å². The lowest BCUT2D eigenvalue weighted by Gasteiger charge is -2.30. The number of carbonyl (C=O) groups excluding carboxylic acids is 1. The molecule has 8 heteroatoms. The minimum atomic E-state index is -0.245. The molecule has 0 spiro atoms. The molecule has 158 valence electrons. The fourth-order valence-electron chi connectivity index (χ4n) is 3.70. The van der Waals surface area contributed by atoms with E-state index < -0.39 is 0 Å². The van der Waals surface area contributed by atoms with E-state index in [1.807, 2.05) is 37.3 Å². The van der Waals surface area contributed by atoms with E-state index in [0.717, 1.165) is 34.3 Å². The molecule has 1 aliphatic heterocycles. The van der Waals surface area contributed by atoms with Crippen LogP contribution >= 0.6 is 11.8 Å². The van der Waals surface area contributed by atoms with Crippen molar-refractivity contribution in [2.75, 3.05) is 11.1 Å². The summed E-state index contributed by atoms with van der Waals surface area (Å²) >= 11 is 1.32. The molecule has 31 heavy (non-hydrogen) atoms. The van der Waals surface area contributed by atoms with Crippen molar-refractivity contribution >= 4 is 45.6 Å². The summed E-state index contributed by atoms with van der Waals surface area (Å²) in [4.78, 5) is 26.0. The summed E-state index contributed by atoms with van der Waals surface area (Å²) in [6, 6.07) is 9.74. The Hall–Kier alpha value is -2.97. The summed E-state index contributed by atoms with van der Waals surface area (Å²) in [6.45, 7) is 6.60. The highest BCUT2D eigenvalue weighted by Gasteiger charge is 2.28. The number of carbonyl (C=O) groups is 1. The normalized spacial score (nSPS) is 15.2. The molecule has 0 bridgehead atoms. The molecule has 1 N–H and O–H groups in total. The Bertz CT molecular complexity index is 1320. The van der Waals surface area contributed by atoms with E-state index in [4.69, 9.17) is 14.1 Å². The van der Waals surface area contributed by atoms with Gasteiger partial charge in [-0.3, -0.25) is 4.79 Å². The van der Waals surface area contributed by atoms with Crippen molar-refractivity contribution in [2.45, 2.75) is 44.4 Å². The first kappa shape index (κ1) is 20.0. The second-order valence-corrected chi connectivity index (χ2v) is 9.25. The second kappa shape index (κ2) is 7.62. The first-order valence-corrected chi connectivity index (χ1v) is 11.1. The van der Waals surface area contributed by atoms with Gasteiger partial charge in [-0.15, -0.1) is 0 Å². The number of thioether (sulfide) groups is 1. The molecule has 3 aromatic heterocycles. The maximum atomic E-state index is 12.4. The molecule has 0 radical (unpaired) electrons. The van der Waals surface area contributed by atoms with Gasteiger partial charge in [0.15, 0.2) is 5.58 Å². The third-order valence-electron chi connectivity index (χ3n) is 5.35. The average Bonchev–Trinajstić information content (AvgIpc) is 3.09. The summed E-state index contributed by atoms with van der Waals surface area (Å²) in [5.41, 5.74) is 5.42. The zero-order chi connectivity index (χ0) is 21.6. The van der Waals surface area contributed by atoms with Crippen molar-refractivity contribution in [1.29, 1.82) is 0 Å². The number of ether oxygens (including phenoxy) is 1. The third-order valence-corrected chi connectivity index (χ3v) is 6.32. The molecule has 0 saturated heterocycles. The van der Waals surface area contributed by atoms with E-state index in [1.165, 1.54) is 18.1 Å². The molecule has 1 aromatic carbocycles. The quantitative estimate of drug-likeness (QED) is 0.369. The largest absolute Gasteiger partial charge is 0.433 e. The minimum absolute atomic E-state index is 0.102. The number of amides is 1. The zero-order valence-corrected chi connectivity index (χ0v) is 18.4. The van der Waals surface area contributed by atoms with Crippen molar-refractivity contribution in [2.24, 2.45) is 0 Å². The van der Waals surface area contributed by atoms with Gasteiger partial charge in [-0.05, 0) is 38.5 Å². The summed E-state index contributed by atoms with van der Waals surface area (Å²) in [7, 11) is 0.